The van der Waals surface area contributed by atoms with Crippen molar-refractivity contribution in [1.82, 2.24) is 9.55 Å². The molecule has 1 saturated carbocycles. The van der Waals surface area contributed by atoms with Crippen molar-refractivity contribution >= 4 is 34.3 Å². The third-order valence-electron chi connectivity index (χ3n) is 5.80. The second-order valence-electron chi connectivity index (χ2n) is 8.00. The molecule has 4 rings (SSSR count). The van der Waals surface area contributed by atoms with Crippen LogP contribution in [-0.4, -0.2) is 15.5 Å². The Morgan fingerprint density at radius 2 is 2.00 bits per heavy atom. The maximum absolute atomic E-state index is 12.1. The van der Waals surface area contributed by atoms with Crippen LogP contribution in [-0.2, 0) is 10.5 Å². The SMILES string of the molecule is CC(=O)Nc1ccc2c(CSc3nc(C)c(C)n3C3CCCCC3)cc(=O)oc2c1. The van der Waals surface area contributed by atoms with Gasteiger partial charge >= 0.3 is 5.63 Å². The highest BCUT2D eigenvalue weighted by molar-refractivity contribution is 7.98. The first-order valence-corrected chi connectivity index (χ1v) is 11.4. The number of carbonyl (C=O) groups is 1. The molecule has 158 valence electrons. The molecule has 0 aliphatic heterocycles. The fraction of sp³-hybridized carbons (Fsp3) is 0.435. The predicted molar refractivity (Wildman–Crippen MR) is 120 cm³/mol. The Morgan fingerprint density at radius 1 is 1.23 bits per heavy atom. The van der Waals surface area contributed by atoms with Crippen LogP contribution in [0.5, 0.6) is 0 Å². The number of thioether (sulfide) groups is 1. The first-order chi connectivity index (χ1) is 14.4. The van der Waals surface area contributed by atoms with E-state index in [2.05, 4.69) is 23.7 Å². The van der Waals surface area contributed by atoms with Crippen molar-refractivity contribution in [1.29, 1.82) is 0 Å². The lowest BCUT2D eigenvalue weighted by Gasteiger charge is -2.26. The lowest BCUT2D eigenvalue weighted by molar-refractivity contribution is -0.114. The van der Waals surface area contributed by atoms with Crippen LogP contribution in [0.15, 0.2) is 38.6 Å². The number of anilines is 1. The molecule has 2 heterocycles. The minimum atomic E-state index is -0.388. The van der Waals surface area contributed by atoms with E-state index >= 15 is 0 Å². The van der Waals surface area contributed by atoms with E-state index in [-0.39, 0.29) is 11.5 Å². The second-order valence-corrected chi connectivity index (χ2v) is 8.94. The molecule has 1 aromatic carbocycles. The largest absolute Gasteiger partial charge is 0.423 e. The Balaban J connectivity index is 1.63. The molecule has 0 bridgehead atoms. The Hall–Kier alpha value is -2.54. The smallest absolute Gasteiger partial charge is 0.336 e. The number of aryl methyl sites for hydroxylation is 1. The predicted octanol–water partition coefficient (Wildman–Crippen LogP) is 5.36. The van der Waals surface area contributed by atoms with Gasteiger partial charge < -0.3 is 14.3 Å². The van der Waals surface area contributed by atoms with Crippen molar-refractivity contribution in [2.45, 2.75) is 69.8 Å². The Bertz CT molecular complexity index is 1140. The van der Waals surface area contributed by atoms with Gasteiger partial charge in [0.25, 0.3) is 0 Å². The van der Waals surface area contributed by atoms with E-state index in [1.165, 1.54) is 44.7 Å². The fourth-order valence-electron chi connectivity index (χ4n) is 4.24. The van der Waals surface area contributed by atoms with E-state index in [9.17, 15) is 9.59 Å². The highest BCUT2D eigenvalue weighted by atomic mass is 32.2. The van der Waals surface area contributed by atoms with Crippen LogP contribution >= 0.6 is 11.8 Å². The highest BCUT2D eigenvalue weighted by Crippen LogP contribution is 2.35. The fourth-order valence-corrected chi connectivity index (χ4v) is 5.39. The standard InChI is InChI=1S/C23H27N3O3S/c1-14-15(2)26(19-7-5-4-6-8-19)23(24-14)30-13-17-11-22(28)29-21-12-18(25-16(3)27)9-10-20(17)21/h9-12,19H,4-8,13H2,1-3H3,(H,25,27). The summed E-state index contributed by atoms with van der Waals surface area (Å²) in [6, 6.07) is 7.49. The van der Waals surface area contributed by atoms with E-state index in [4.69, 9.17) is 9.40 Å². The van der Waals surface area contributed by atoms with E-state index in [0.717, 1.165) is 21.8 Å². The molecule has 2 aromatic heterocycles. The number of hydrogen-bond donors (Lipinski definition) is 1. The molecule has 0 atom stereocenters. The van der Waals surface area contributed by atoms with Gasteiger partial charge in [0.2, 0.25) is 5.91 Å². The van der Waals surface area contributed by atoms with Gasteiger partial charge in [-0.25, -0.2) is 9.78 Å². The van der Waals surface area contributed by atoms with Crippen LogP contribution in [0.1, 0.15) is 62.0 Å². The molecular formula is C23H27N3O3S. The van der Waals surface area contributed by atoms with Gasteiger partial charge in [-0.15, -0.1) is 0 Å². The molecule has 1 amide bonds. The van der Waals surface area contributed by atoms with Crippen LogP contribution in [0.25, 0.3) is 11.0 Å². The molecule has 0 spiro atoms. The second kappa shape index (κ2) is 8.68. The van der Waals surface area contributed by atoms with Crippen LogP contribution < -0.4 is 10.9 Å². The number of nitrogens with zero attached hydrogens (tertiary/aromatic N) is 2. The third kappa shape index (κ3) is 4.31. The average Bonchev–Trinajstić information content (AvgIpc) is 2.99. The summed E-state index contributed by atoms with van der Waals surface area (Å²) < 4.78 is 7.79. The summed E-state index contributed by atoms with van der Waals surface area (Å²) in [5, 5.41) is 4.62. The molecular weight excluding hydrogens is 398 g/mol. The summed E-state index contributed by atoms with van der Waals surface area (Å²) in [5.41, 5.74) is 3.92. The van der Waals surface area contributed by atoms with Crippen molar-refractivity contribution in [3.63, 3.8) is 0 Å². The normalized spacial score (nSPS) is 14.9. The topological polar surface area (TPSA) is 77.1 Å². The van der Waals surface area contributed by atoms with Gasteiger partial charge in [0.1, 0.15) is 5.58 Å². The quantitative estimate of drug-likeness (QED) is 0.440. The molecule has 0 saturated heterocycles. The zero-order valence-electron chi connectivity index (χ0n) is 17.7. The van der Waals surface area contributed by atoms with Gasteiger partial charge in [0.15, 0.2) is 5.16 Å². The van der Waals surface area contributed by atoms with Crippen LogP contribution in [0.2, 0.25) is 0 Å². The summed E-state index contributed by atoms with van der Waals surface area (Å²) >= 11 is 1.67. The van der Waals surface area contributed by atoms with Gasteiger partial charge in [-0.2, -0.15) is 0 Å². The molecule has 6 nitrogen and oxygen atoms in total. The molecule has 1 fully saturated rings. The summed E-state index contributed by atoms with van der Waals surface area (Å²) in [7, 11) is 0. The summed E-state index contributed by atoms with van der Waals surface area (Å²) in [4.78, 5) is 28.3. The molecule has 30 heavy (non-hydrogen) atoms. The Labute approximate surface area is 180 Å². The molecule has 7 heteroatoms. The number of amides is 1. The van der Waals surface area contributed by atoms with Crippen molar-refractivity contribution in [3.8, 4) is 0 Å². The number of carbonyl (C=O) groups excluding carboxylic acids is 1. The van der Waals surface area contributed by atoms with Crippen LogP contribution in [0, 0.1) is 13.8 Å². The monoisotopic (exact) mass is 425 g/mol. The molecule has 1 aliphatic rings. The minimum Gasteiger partial charge on any atom is -0.423 e. The zero-order chi connectivity index (χ0) is 21.3. The summed E-state index contributed by atoms with van der Waals surface area (Å²) in [5.74, 6) is 0.466. The van der Waals surface area contributed by atoms with Gasteiger partial charge in [-0.05, 0) is 44.4 Å². The number of nitrogens with one attached hydrogen (secondary N) is 1. The van der Waals surface area contributed by atoms with Crippen LogP contribution in [0.3, 0.4) is 0 Å². The molecule has 0 radical (unpaired) electrons. The van der Waals surface area contributed by atoms with Crippen LogP contribution in [0.4, 0.5) is 5.69 Å². The van der Waals surface area contributed by atoms with Crippen molar-refractivity contribution < 1.29 is 9.21 Å². The average molecular weight is 426 g/mol. The number of fused-ring (bicyclic) bond motifs is 1. The van der Waals surface area contributed by atoms with Crippen molar-refractivity contribution in [2.75, 3.05) is 5.32 Å². The van der Waals surface area contributed by atoms with E-state index in [1.807, 2.05) is 12.1 Å². The van der Waals surface area contributed by atoms with Crippen molar-refractivity contribution in [2.24, 2.45) is 0 Å². The number of imidazole rings is 1. The van der Waals surface area contributed by atoms with Gasteiger partial charge in [0.05, 0.1) is 5.69 Å². The van der Waals surface area contributed by atoms with E-state index in [1.54, 1.807) is 23.9 Å². The first-order valence-electron chi connectivity index (χ1n) is 10.4. The van der Waals surface area contributed by atoms with Gasteiger partial charge in [0, 0.05) is 47.6 Å². The number of aromatic nitrogens is 2. The number of rotatable bonds is 5. The van der Waals surface area contributed by atoms with E-state index < -0.39 is 0 Å². The van der Waals surface area contributed by atoms with Gasteiger partial charge in [-0.3, -0.25) is 4.79 Å². The first kappa shape index (κ1) is 20.7. The Kier molecular flexibility index (Phi) is 5.99. The summed E-state index contributed by atoms with van der Waals surface area (Å²) in [6.45, 7) is 5.66. The highest BCUT2D eigenvalue weighted by Gasteiger charge is 2.22. The number of benzene rings is 1. The van der Waals surface area contributed by atoms with Gasteiger partial charge in [-0.1, -0.05) is 31.0 Å². The third-order valence-corrected chi connectivity index (χ3v) is 6.80. The molecule has 3 aromatic rings. The van der Waals surface area contributed by atoms with E-state index in [0.29, 0.717) is 23.1 Å². The molecule has 1 N–H and O–H groups in total. The maximum atomic E-state index is 12.1. The zero-order valence-corrected chi connectivity index (χ0v) is 18.5. The lowest BCUT2D eigenvalue weighted by atomic mass is 9.95. The Morgan fingerprint density at radius 3 is 2.73 bits per heavy atom. The minimum absolute atomic E-state index is 0.163. The maximum Gasteiger partial charge on any atom is 0.336 e. The number of hydrogen-bond acceptors (Lipinski definition) is 5. The van der Waals surface area contributed by atoms with Crippen molar-refractivity contribution in [3.05, 3.63) is 51.6 Å². The summed E-state index contributed by atoms with van der Waals surface area (Å²) in [6.07, 6.45) is 6.26. The molecule has 1 aliphatic carbocycles. The molecule has 0 unspecified atom stereocenters. The lowest BCUT2D eigenvalue weighted by Crippen LogP contribution is -2.15.